The Labute approximate surface area is 74.9 Å². The average Bonchev–Trinajstić information content (AvgIpc) is 1.96. The van der Waals surface area contributed by atoms with Gasteiger partial charge in [0.05, 0.1) is 11.5 Å². The van der Waals surface area contributed by atoms with Crippen molar-refractivity contribution in [1.29, 1.82) is 0 Å². The van der Waals surface area contributed by atoms with Gasteiger partial charge in [0.2, 0.25) is 0 Å². The van der Waals surface area contributed by atoms with Crippen LogP contribution in [0, 0.1) is 0 Å². The molecule has 0 amide bonds. The zero-order chi connectivity index (χ0) is 7.61. The molecule has 3 heteroatoms. The van der Waals surface area contributed by atoms with E-state index in [-0.39, 0.29) is 11.5 Å². The fourth-order valence-electron chi connectivity index (χ4n) is 1.34. The standard InChI is InChI=1S/C7H12BrClO/c8-6-3-1-2-4-7(6,9)5-10/h6,10H,1-5H2/t6-,7?/m1/s1. The number of aliphatic hydroxyl groups excluding tert-OH is 1. The lowest BCUT2D eigenvalue weighted by atomic mass is 9.89. The van der Waals surface area contributed by atoms with E-state index in [9.17, 15) is 0 Å². The molecule has 60 valence electrons. The molecule has 1 aliphatic carbocycles. The molecular formula is C7H12BrClO. The zero-order valence-corrected chi connectivity index (χ0v) is 8.16. The third kappa shape index (κ3) is 1.66. The lowest BCUT2D eigenvalue weighted by molar-refractivity contribution is 0.216. The summed E-state index contributed by atoms with van der Waals surface area (Å²) in [6.45, 7) is 0.0878. The number of hydrogen-bond acceptors (Lipinski definition) is 1. The van der Waals surface area contributed by atoms with Gasteiger partial charge < -0.3 is 5.11 Å². The maximum Gasteiger partial charge on any atom is 0.0801 e. The van der Waals surface area contributed by atoms with Gasteiger partial charge in [0.1, 0.15) is 0 Å². The fourth-order valence-corrected chi connectivity index (χ4v) is 2.28. The van der Waals surface area contributed by atoms with Gasteiger partial charge in [-0.15, -0.1) is 11.6 Å². The molecule has 1 unspecified atom stereocenters. The van der Waals surface area contributed by atoms with Crippen LogP contribution in [0.1, 0.15) is 25.7 Å². The van der Waals surface area contributed by atoms with Gasteiger partial charge in [-0.2, -0.15) is 0 Å². The second kappa shape index (κ2) is 3.42. The van der Waals surface area contributed by atoms with E-state index < -0.39 is 0 Å². The minimum Gasteiger partial charge on any atom is -0.395 e. The Morgan fingerprint density at radius 3 is 2.70 bits per heavy atom. The predicted octanol–water partition coefficient (Wildman–Crippen LogP) is 2.29. The van der Waals surface area contributed by atoms with E-state index in [0.29, 0.717) is 4.83 Å². The third-order valence-electron chi connectivity index (χ3n) is 2.12. The van der Waals surface area contributed by atoms with E-state index in [1.165, 1.54) is 6.42 Å². The van der Waals surface area contributed by atoms with Crippen LogP contribution in [0.3, 0.4) is 0 Å². The maximum absolute atomic E-state index is 8.96. The van der Waals surface area contributed by atoms with Crippen molar-refractivity contribution in [2.24, 2.45) is 0 Å². The molecule has 0 saturated heterocycles. The van der Waals surface area contributed by atoms with Crippen LogP contribution >= 0.6 is 27.5 Å². The van der Waals surface area contributed by atoms with Crippen molar-refractivity contribution >= 4 is 27.5 Å². The Bertz CT molecular complexity index is 120. The normalized spacial score (nSPS) is 41.7. The van der Waals surface area contributed by atoms with E-state index in [4.69, 9.17) is 16.7 Å². The first kappa shape index (κ1) is 8.82. The van der Waals surface area contributed by atoms with E-state index in [2.05, 4.69) is 15.9 Å². The first-order valence-electron chi connectivity index (χ1n) is 3.63. The molecule has 1 aliphatic rings. The Hall–Kier alpha value is 0.730. The summed E-state index contributed by atoms with van der Waals surface area (Å²) in [4.78, 5) is -0.0847. The summed E-state index contributed by atoms with van der Waals surface area (Å²) >= 11 is 9.59. The Morgan fingerprint density at radius 2 is 2.30 bits per heavy atom. The molecule has 0 aromatic carbocycles. The van der Waals surface area contributed by atoms with Crippen molar-refractivity contribution in [2.75, 3.05) is 6.61 Å². The highest BCUT2D eigenvalue weighted by Crippen LogP contribution is 2.38. The Kier molecular flexibility index (Phi) is 3.02. The summed E-state index contributed by atoms with van der Waals surface area (Å²) in [5.74, 6) is 0. The number of alkyl halides is 2. The van der Waals surface area contributed by atoms with E-state index in [1.807, 2.05) is 0 Å². The summed E-state index contributed by atoms with van der Waals surface area (Å²) < 4.78 is 0. The highest BCUT2D eigenvalue weighted by atomic mass is 79.9. The molecule has 0 heterocycles. The average molecular weight is 228 g/mol. The molecule has 0 aliphatic heterocycles. The summed E-state index contributed by atoms with van der Waals surface area (Å²) in [6, 6.07) is 0. The van der Waals surface area contributed by atoms with Gasteiger partial charge in [0.25, 0.3) is 0 Å². The van der Waals surface area contributed by atoms with Crippen molar-refractivity contribution in [2.45, 2.75) is 35.4 Å². The second-order valence-electron chi connectivity index (χ2n) is 2.91. The summed E-state index contributed by atoms with van der Waals surface area (Å²) in [6.07, 6.45) is 4.39. The van der Waals surface area contributed by atoms with Gasteiger partial charge in [-0.25, -0.2) is 0 Å². The summed E-state index contributed by atoms with van der Waals surface area (Å²) in [5, 5.41) is 8.96. The van der Waals surface area contributed by atoms with Crippen molar-refractivity contribution < 1.29 is 5.11 Å². The SMILES string of the molecule is OCC1(Cl)CCCC[C@H]1Br. The summed E-state index contributed by atoms with van der Waals surface area (Å²) in [5.41, 5.74) is 0. The van der Waals surface area contributed by atoms with Crippen LogP contribution in [0.2, 0.25) is 0 Å². The van der Waals surface area contributed by atoms with Gasteiger partial charge in [-0.3, -0.25) is 0 Å². The minimum absolute atomic E-state index is 0.0878. The van der Waals surface area contributed by atoms with Crippen LogP contribution in [0.15, 0.2) is 0 Å². The van der Waals surface area contributed by atoms with Gasteiger partial charge in [0.15, 0.2) is 0 Å². The molecule has 0 aromatic heterocycles. The number of rotatable bonds is 1. The van der Waals surface area contributed by atoms with Crippen LogP contribution in [0.25, 0.3) is 0 Å². The number of aliphatic hydroxyl groups is 1. The molecule has 2 atom stereocenters. The lowest BCUT2D eigenvalue weighted by Gasteiger charge is -2.34. The van der Waals surface area contributed by atoms with Crippen molar-refractivity contribution in [1.82, 2.24) is 0 Å². The van der Waals surface area contributed by atoms with Crippen molar-refractivity contribution in [3.8, 4) is 0 Å². The van der Waals surface area contributed by atoms with Crippen LogP contribution in [-0.4, -0.2) is 21.4 Å². The van der Waals surface area contributed by atoms with E-state index in [1.54, 1.807) is 0 Å². The van der Waals surface area contributed by atoms with E-state index >= 15 is 0 Å². The molecular weight excluding hydrogens is 215 g/mol. The molecule has 0 radical (unpaired) electrons. The first-order valence-corrected chi connectivity index (χ1v) is 4.92. The lowest BCUT2D eigenvalue weighted by Crippen LogP contribution is -2.39. The van der Waals surface area contributed by atoms with Gasteiger partial charge >= 0.3 is 0 Å². The predicted molar refractivity (Wildman–Crippen MR) is 46.9 cm³/mol. The molecule has 0 aromatic rings. The van der Waals surface area contributed by atoms with E-state index in [0.717, 1.165) is 19.3 Å². The zero-order valence-electron chi connectivity index (χ0n) is 5.82. The topological polar surface area (TPSA) is 20.2 Å². The first-order chi connectivity index (χ1) is 4.69. The quantitative estimate of drug-likeness (QED) is 0.682. The van der Waals surface area contributed by atoms with Gasteiger partial charge in [-0.1, -0.05) is 28.8 Å². The molecule has 0 spiro atoms. The number of halogens is 2. The molecule has 1 rings (SSSR count). The number of hydrogen-bond donors (Lipinski definition) is 1. The highest BCUT2D eigenvalue weighted by molar-refractivity contribution is 9.09. The molecule has 0 bridgehead atoms. The maximum atomic E-state index is 8.96. The van der Waals surface area contributed by atoms with Crippen LogP contribution in [0.5, 0.6) is 0 Å². The smallest absolute Gasteiger partial charge is 0.0801 e. The molecule has 1 nitrogen and oxygen atoms in total. The summed E-state index contributed by atoms with van der Waals surface area (Å²) in [7, 11) is 0. The molecule has 1 fully saturated rings. The molecule has 1 N–H and O–H groups in total. The highest BCUT2D eigenvalue weighted by Gasteiger charge is 2.36. The monoisotopic (exact) mass is 226 g/mol. The van der Waals surface area contributed by atoms with Crippen LogP contribution in [-0.2, 0) is 0 Å². The van der Waals surface area contributed by atoms with Crippen molar-refractivity contribution in [3.63, 3.8) is 0 Å². The van der Waals surface area contributed by atoms with Crippen molar-refractivity contribution in [3.05, 3.63) is 0 Å². The fraction of sp³-hybridized carbons (Fsp3) is 1.00. The largest absolute Gasteiger partial charge is 0.395 e. The van der Waals surface area contributed by atoms with Gasteiger partial charge in [-0.05, 0) is 12.8 Å². The second-order valence-corrected chi connectivity index (χ2v) is 4.76. The molecule has 10 heavy (non-hydrogen) atoms. The van der Waals surface area contributed by atoms with Crippen LogP contribution < -0.4 is 0 Å². The Balaban J connectivity index is 2.54. The Morgan fingerprint density at radius 1 is 1.60 bits per heavy atom. The van der Waals surface area contributed by atoms with Crippen LogP contribution in [0.4, 0.5) is 0 Å². The third-order valence-corrected chi connectivity index (χ3v) is 4.29. The molecule has 1 saturated carbocycles. The van der Waals surface area contributed by atoms with Gasteiger partial charge in [0, 0.05) is 4.83 Å². The minimum atomic E-state index is -0.377.